The zero-order valence-corrected chi connectivity index (χ0v) is 14.5. The van der Waals surface area contributed by atoms with Gasteiger partial charge in [0.15, 0.2) is 5.78 Å². The summed E-state index contributed by atoms with van der Waals surface area (Å²) >= 11 is 0. The van der Waals surface area contributed by atoms with E-state index in [1.165, 1.54) is 12.1 Å². The van der Waals surface area contributed by atoms with E-state index in [4.69, 9.17) is 0 Å². The Morgan fingerprint density at radius 1 is 0.955 bits per heavy atom. The largest absolute Gasteiger partial charge is 0.301 e. The maximum absolute atomic E-state index is 12.5. The third-order valence-electron chi connectivity index (χ3n) is 4.40. The van der Waals surface area contributed by atoms with Crippen LogP contribution in [-0.2, 0) is 0 Å². The third kappa shape index (κ3) is 4.92. The second kappa shape index (κ2) is 7.89. The van der Waals surface area contributed by atoms with Gasteiger partial charge >= 0.3 is 0 Å². The number of aryl methyl sites for hydroxylation is 1. The van der Waals surface area contributed by atoms with Crippen molar-refractivity contribution in [3.05, 3.63) is 35.4 Å². The van der Waals surface area contributed by atoms with Crippen LogP contribution in [0.5, 0.6) is 0 Å². The van der Waals surface area contributed by atoms with E-state index in [1.54, 1.807) is 0 Å². The number of ketones is 1. The van der Waals surface area contributed by atoms with Gasteiger partial charge in [-0.3, -0.25) is 4.79 Å². The Balaban J connectivity index is 1.81. The summed E-state index contributed by atoms with van der Waals surface area (Å²) in [6.07, 6.45) is 0. The zero-order chi connectivity index (χ0) is 16.1. The van der Waals surface area contributed by atoms with Crippen LogP contribution in [0, 0.1) is 18.8 Å². The lowest BCUT2D eigenvalue weighted by atomic mass is 9.98. The first-order valence-corrected chi connectivity index (χ1v) is 8.51. The molecule has 1 saturated heterocycles. The standard InChI is InChI=1S/C19H30N2O/c1-15(2)13-20-9-11-21(12-10-20)14-17(4)19(22)18-7-5-16(3)6-8-18/h5-8,15,17H,9-14H2,1-4H3. The molecule has 1 heterocycles. The van der Waals surface area contributed by atoms with Crippen LogP contribution in [0.1, 0.15) is 36.7 Å². The quantitative estimate of drug-likeness (QED) is 0.755. The highest BCUT2D eigenvalue weighted by molar-refractivity contribution is 5.97. The van der Waals surface area contributed by atoms with Crippen molar-refractivity contribution in [3.8, 4) is 0 Å². The van der Waals surface area contributed by atoms with Crippen molar-refractivity contribution >= 4 is 5.78 Å². The summed E-state index contributed by atoms with van der Waals surface area (Å²) in [4.78, 5) is 17.5. The SMILES string of the molecule is Cc1ccc(C(=O)C(C)CN2CCN(CC(C)C)CC2)cc1. The molecule has 0 amide bonds. The number of benzene rings is 1. The minimum absolute atomic E-state index is 0.0688. The van der Waals surface area contributed by atoms with Crippen LogP contribution in [0.3, 0.4) is 0 Å². The molecular weight excluding hydrogens is 272 g/mol. The molecule has 1 atom stereocenters. The number of carbonyl (C=O) groups excluding carboxylic acids is 1. The fraction of sp³-hybridized carbons (Fsp3) is 0.632. The van der Waals surface area contributed by atoms with Crippen molar-refractivity contribution in [2.75, 3.05) is 39.3 Å². The highest BCUT2D eigenvalue weighted by Crippen LogP contribution is 2.13. The topological polar surface area (TPSA) is 23.6 Å². The summed E-state index contributed by atoms with van der Waals surface area (Å²) in [7, 11) is 0. The first-order chi connectivity index (χ1) is 10.5. The molecule has 3 heteroatoms. The van der Waals surface area contributed by atoms with Crippen LogP contribution < -0.4 is 0 Å². The number of carbonyl (C=O) groups is 1. The van der Waals surface area contributed by atoms with Gasteiger partial charge in [0.05, 0.1) is 0 Å². The molecule has 122 valence electrons. The molecule has 1 unspecified atom stereocenters. The Labute approximate surface area is 135 Å². The van der Waals surface area contributed by atoms with E-state index in [9.17, 15) is 4.79 Å². The summed E-state index contributed by atoms with van der Waals surface area (Å²) in [5.74, 6) is 1.07. The number of hydrogen-bond acceptors (Lipinski definition) is 3. The molecule has 0 bridgehead atoms. The average molecular weight is 302 g/mol. The van der Waals surface area contributed by atoms with Crippen molar-refractivity contribution in [3.63, 3.8) is 0 Å². The highest BCUT2D eigenvalue weighted by atomic mass is 16.1. The molecule has 0 N–H and O–H groups in total. The highest BCUT2D eigenvalue weighted by Gasteiger charge is 2.22. The predicted octanol–water partition coefficient (Wildman–Crippen LogP) is 3.09. The molecule has 1 fully saturated rings. The van der Waals surface area contributed by atoms with Gasteiger partial charge in [-0.2, -0.15) is 0 Å². The molecule has 0 aromatic heterocycles. The lowest BCUT2D eigenvalue weighted by molar-refractivity contribution is 0.0820. The molecule has 1 aliphatic heterocycles. The second-order valence-corrected chi connectivity index (χ2v) is 7.13. The molecule has 1 aliphatic rings. The fourth-order valence-electron chi connectivity index (χ4n) is 3.14. The van der Waals surface area contributed by atoms with Gasteiger partial charge in [-0.05, 0) is 12.8 Å². The first kappa shape index (κ1) is 17.2. The number of nitrogens with zero attached hydrogens (tertiary/aromatic N) is 2. The van der Waals surface area contributed by atoms with Crippen LogP contribution >= 0.6 is 0 Å². The first-order valence-electron chi connectivity index (χ1n) is 8.51. The number of rotatable bonds is 6. The summed E-state index contributed by atoms with van der Waals surface area (Å²) in [6.45, 7) is 15.1. The van der Waals surface area contributed by atoms with E-state index in [0.29, 0.717) is 0 Å². The number of piperazine rings is 1. The van der Waals surface area contributed by atoms with Crippen LogP contribution in [-0.4, -0.2) is 54.9 Å². The van der Waals surface area contributed by atoms with E-state index in [1.807, 2.05) is 31.2 Å². The Morgan fingerprint density at radius 2 is 1.45 bits per heavy atom. The van der Waals surface area contributed by atoms with E-state index in [2.05, 4.69) is 30.6 Å². The van der Waals surface area contributed by atoms with Crippen molar-refractivity contribution in [1.29, 1.82) is 0 Å². The van der Waals surface area contributed by atoms with Gasteiger partial charge in [-0.1, -0.05) is 50.6 Å². The van der Waals surface area contributed by atoms with Crippen LogP contribution in [0.25, 0.3) is 0 Å². The van der Waals surface area contributed by atoms with Gasteiger partial charge in [-0.25, -0.2) is 0 Å². The Bertz CT molecular complexity index is 473. The van der Waals surface area contributed by atoms with E-state index >= 15 is 0 Å². The lowest BCUT2D eigenvalue weighted by Gasteiger charge is -2.36. The van der Waals surface area contributed by atoms with Crippen LogP contribution in [0.15, 0.2) is 24.3 Å². The summed E-state index contributed by atoms with van der Waals surface area (Å²) in [5, 5.41) is 0. The molecule has 2 rings (SSSR count). The number of Topliss-reactive ketones (excluding diaryl/α,β-unsaturated/α-hetero) is 1. The van der Waals surface area contributed by atoms with Gasteiger partial charge in [0.1, 0.15) is 0 Å². The summed E-state index contributed by atoms with van der Waals surface area (Å²) < 4.78 is 0. The molecule has 3 nitrogen and oxygen atoms in total. The van der Waals surface area contributed by atoms with Crippen molar-refractivity contribution < 1.29 is 4.79 Å². The zero-order valence-electron chi connectivity index (χ0n) is 14.5. The van der Waals surface area contributed by atoms with Gasteiger partial charge in [0.2, 0.25) is 0 Å². The van der Waals surface area contributed by atoms with Gasteiger partial charge in [0.25, 0.3) is 0 Å². The summed E-state index contributed by atoms with van der Waals surface area (Å²) in [6, 6.07) is 7.94. The second-order valence-electron chi connectivity index (χ2n) is 7.13. The van der Waals surface area contributed by atoms with Crippen molar-refractivity contribution in [2.24, 2.45) is 11.8 Å². The molecule has 0 saturated carbocycles. The third-order valence-corrected chi connectivity index (χ3v) is 4.40. The van der Waals surface area contributed by atoms with Crippen molar-refractivity contribution in [2.45, 2.75) is 27.7 Å². The van der Waals surface area contributed by atoms with Crippen LogP contribution in [0.2, 0.25) is 0 Å². The lowest BCUT2D eigenvalue weighted by Crippen LogP contribution is -2.48. The normalized spacial score (nSPS) is 18.6. The van der Waals surface area contributed by atoms with Gasteiger partial charge in [-0.15, -0.1) is 0 Å². The Kier molecular flexibility index (Phi) is 6.16. The fourth-order valence-corrected chi connectivity index (χ4v) is 3.14. The predicted molar refractivity (Wildman–Crippen MR) is 92.4 cm³/mol. The average Bonchev–Trinajstić information content (AvgIpc) is 2.49. The van der Waals surface area contributed by atoms with E-state index in [0.717, 1.165) is 44.2 Å². The number of hydrogen-bond donors (Lipinski definition) is 0. The van der Waals surface area contributed by atoms with Gasteiger partial charge < -0.3 is 9.80 Å². The monoisotopic (exact) mass is 302 g/mol. The molecule has 0 radical (unpaired) electrons. The molecule has 1 aromatic carbocycles. The smallest absolute Gasteiger partial charge is 0.166 e. The Hall–Kier alpha value is -1.19. The molecule has 22 heavy (non-hydrogen) atoms. The van der Waals surface area contributed by atoms with E-state index in [-0.39, 0.29) is 11.7 Å². The maximum atomic E-state index is 12.5. The molecule has 0 spiro atoms. The molecule has 1 aromatic rings. The minimum Gasteiger partial charge on any atom is -0.301 e. The van der Waals surface area contributed by atoms with Gasteiger partial charge in [0, 0.05) is 50.7 Å². The van der Waals surface area contributed by atoms with E-state index < -0.39 is 0 Å². The minimum atomic E-state index is 0.0688. The van der Waals surface area contributed by atoms with Crippen molar-refractivity contribution in [1.82, 2.24) is 9.80 Å². The molecular formula is C19H30N2O. The molecule has 0 aliphatic carbocycles. The summed E-state index contributed by atoms with van der Waals surface area (Å²) in [5.41, 5.74) is 2.04. The maximum Gasteiger partial charge on any atom is 0.166 e. The Morgan fingerprint density at radius 3 is 1.95 bits per heavy atom. The van der Waals surface area contributed by atoms with Crippen LogP contribution in [0.4, 0.5) is 0 Å².